The fourth-order valence-electron chi connectivity index (χ4n) is 4.46. The van der Waals surface area contributed by atoms with Gasteiger partial charge in [0.05, 0.1) is 31.4 Å². The number of aromatic nitrogens is 2. The molecular weight excluding hydrogens is 609 g/mol. The molecule has 2 saturated heterocycles. The maximum Gasteiger partial charge on any atom is 0.475 e. The molecule has 1 aromatic rings. The number of hydrogen-bond acceptors (Lipinski definition) is 16. The molecule has 2 amide bonds. The summed E-state index contributed by atoms with van der Waals surface area (Å²) in [5, 5.41) is 65.3. The summed E-state index contributed by atoms with van der Waals surface area (Å²) in [4.78, 5) is 60.7. The number of nitrogen functional groups attached to an aromatic ring is 1. The van der Waals surface area contributed by atoms with E-state index in [0.717, 1.165) is 10.8 Å². The molecule has 1 aromatic heterocycles. The number of carboxylic acids is 1. The van der Waals surface area contributed by atoms with Crippen LogP contribution < -0.4 is 22.1 Å². The Balaban J connectivity index is 1.76. The minimum Gasteiger partial charge on any atom is -0.477 e. The van der Waals surface area contributed by atoms with Crippen molar-refractivity contribution in [3.8, 4) is 0 Å². The Kier molecular flexibility index (Phi) is 11.3. The molecule has 43 heavy (non-hydrogen) atoms. The number of amides is 2. The molecule has 2 aliphatic heterocycles. The van der Waals surface area contributed by atoms with Crippen LogP contribution in [0.25, 0.3) is 0 Å². The molecule has 0 radical (unpaired) electrons. The van der Waals surface area contributed by atoms with Gasteiger partial charge in [-0.2, -0.15) is 4.98 Å². The molecule has 21 nitrogen and oxygen atoms in total. The van der Waals surface area contributed by atoms with E-state index in [1.54, 1.807) is 0 Å². The van der Waals surface area contributed by atoms with Crippen LogP contribution in [0.5, 0.6) is 0 Å². The summed E-state index contributed by atoms with van der Waals surface area (Å²) in [6.45, 7) is -2.22. The van der Waals surface area contributed by atoms with Crippen molar-refractivity contribution in [1.29, 1.82) is 0 Å². The number of aliphatic hydroxyl groups is 5. The summed E-state index contributed by atoms with van der Waals surface area (Å²) in [5.41, 5.74) is 4.47. The normalized spacial score (nSPS) is 32.8. The molecule has 3 heterocycles. The number of carboxylic acid groups (broad SMARTS) is 1. The van der Waals surface area contributed by atoms with E-state index in [2.05, 4.69) is 15.6 Å². The Morgan fingerprint density at radius 1 is 1.33 bits per heavy atom. The van der Waals surface area contributed by atoms with Crippen LogP contribution in [0.15, 0.2) is 17.1 Å². The number of nitrogens with zero attached hydrogens (tertiary/aromatic N) is 2. The maximum absolute atomic E-state index is 12.9. The van der Waals surface area contributed by atoms with Crippen LogP contribution in [0, 0.1) is 0 Å². The van der Waals surface area contributed by atoms with Crippen molar-refractivity contribution in [3.05, 3.63) is 22.7 Å². The summed E-state index contributed by atoms with van der Waals surface area (Å²) in [7, 11) is -5.50. The minimum atomic E-state index is -5.50. The number of carbonyl (C=O) groups is 3. The third-order valence-electron chi connectivity index (χ3n) is 6.50. The lowest BCUT2D eigenvalue weighted by atomic mass is 9.89. The van der Waals surface area contributed by atoms with Crippen molar-refractivity contribution in [2.45, 2.75) is 67.5 Å². The zero-order valence-electron chi connectivity index (χ0n) is 22.1. The molecule has 0 aromatic carbocycles. The number of phosphoric acid groups is 1. The molecule has 0 bridgehead atoms. The molecule has 2 aliphatic rings. The van der Waals surface area contributed by atoms with Crippen molar-refractivity contribution < 1.29 is 73.0 Å². The van der Waals surface area contributed by atoms with Crippen LogP contribution in [-0.4, -0.2) is 132 Å². The van der Waals surface area contributed by atoms with Crippen LogP contribution in [0.2, 0.25) is 0 Å². The number of aliphatic hydroxyl groups excluding tert-OH is 5. The highest BCUT2D eigenvalue weighted by molar-refractivity contribution is 7.47. The van der Waals surface area contributed by atoms with E-state index in [4.69, 9.17) is 24.3 Å². The maximum atomic E-state index is 12.9. The predicted molar refractivity (Wildman–Crippen MR) is 135 cm³/mol. The standard InChI is InChI=1S/C21H32N5O16P/c22-12-1-3-26(20(36)24-12)18-16(33)15(32)11(40-18)7-39-43(37,38)42-21(19(34)35)5-10(30)14(25-13(31)6-23-8-28)17(41-21)9(29)2-4-27/h1,3,8-11,14-18,27,29-30,32-33H,2,4-7H2,(H,23,28)(H,25,31)(H,34,35)(H,37,38)(H2,22,24,36)/t9-,10?,11?,14?,15?,16?,17?,18?,21?/m1/s1. The first-order valence-corrected chi connectivity index (χ1v) is 14.0. The first-order chi connectivity index (χ1) is 20.1. The largest absolute Gasteiger partial charge is 0.477 e. The lowest BCUT2D eigenvalue weighted by Gasteiger charge is -2.46. The second-order valence-corrected chi connectivity index (χ2v) is 10.9. The monoisotopic (exact) mass is 641 g/mol. The number of nitrogens with two attached hydrogens (primary N) is 1. The van der Waals surface area contributed by atoms with Crippen LogP contribution in [0.4, 0.5) is 5.82 Å². The molecule has 10 atom stereocenters. The number of hydrogen-bond donors (Lipinski definition) is 10. The molecule has 0 aliphatic carbocycles. The van der Waals surface area contributed by atoms with Gasteiger partial charge in [-0.15, -0.1) is 0 Å². The number of ether oxygens (including phenoxy) is 2. The van der Waals surface area contributed by atoms with Gasteiger partial charge in [0.25, 0.3) is 5.79 Å². The van der Waals surface area contributed by atoms with Crippen LogP contribution in [-0.2, 0) is 37.5 Å². The number of rotatable bonds is 14. The molecule has 22 heteroatoms. The summed E-state index contributed by atoms with van der Waals surface area (Å²) < 4.78 is 34.0. The van der Waals surface area contributed by atoms with Crippen molar-refractivity contribution in [3.63, 3.8) is 0 Å². The van der Waals surface area contributed by atoms with Gasteiger partial charge in [-0.05, 0) is 12.5 Å². The molecule has 242 valence electrons. The highest BCUT2D eigenvalue weighted by atomic mass is 31.2. The summed E-state index contributed by atoms with van der Waals surface area (Å²) in [5.74, 6) is -6.23. The Morgan fingerprint density at radius 3 is 2.63 bits per heavy atom. The summed E-state index contributed by atoms with van der Waals surface area (Å²) >= 11 is 0. The van der Waals surface area contributed by atoms with Gasteiger partial charge >= 0.3 is 19.5 Å². The average Bonchev–Trinajstić information content (AvgIpc) is 3.20. The van der Waals surface area contributed by atoms with Crippen molar-refractivity contribution in [2.24, 2.45) is 0 Å². The van der Waals surface area contributed by atoms with E-state index in [1.807, 2.05) is 0 Å². The SMILES string of the molecule is Nc1ccn(C2OC(COP(=O)(O)OC3(C(=O)O)CC(O)C(NC(=O)CNC=O)C([C@H](O)CCO)O3)C(O)C2O)c(=O)n1. The molecule has 0 spiro atoms. The number of nitrogens with one attached hydrogen (secondary N) is 2. The van der Waals surface area contributed by atoms with E-state index < -0.39 is 113 Å². The number of phosphoric ester groups is 1. The quantitative estimate of drug-likeness (QED) is 0.0668. The first kappa shape index (κ1) is 34.4. The highest BCUT2D eigenvalue weighted by Crippen LogP contribution is 2.51. The average molecular weight is 641 g/mol. The van der Waals surface area contributed by atoms with Gasteiger partial charge in [0.15, 0.2) is 6.23 Å². The van der Waals surface area contributed by atoms with Gasteiger partial charge in [0, 0.05) is 19.2 Å². The highest BCUT2D eigenvalue weighted by Gasteiger charge is 2.58. The fourth-order valence-corrected chi connectivity index (χ4v) is 5.41. The van der Waals surface area contributed by atoms with E-state index >= 15 is 0 Å². The third kappa shape index (κ3) is 8.10. The zero-order valence-corrected chi connectivity index (χ0v) is 23.0. The number of carbonyl (C=O) groups excluding carboxylic acids is 2. The van der Waals surface area contributed by atoms with E-state index in [-0.39, 0.29) is 12.2 Å². The van der Waals surface area contributed by atoms with Gasteiger partial charge in [-0.3, -0.25) is 18.7 Å². The van der Waals surface area contributed by atoms with Crippen molar-refractivity contribution >= 4 is 31.9 Å². The Hall–Kier alpha value is -3.08. The summed E-state index contributed by atoms with van der Waals surface area (Å²) in [6.07, 6.45) is -12.3. The smallest absolute Gasteiger partial charge is 0.475 e. The molecule has 3 rings (SSSR count). The Labute approximate surface area is 241 Å². The molecule has 0 saturated carbocycles. The van der Waals surface area contributed by atoms with Crippen LogP contribution >= 0.6 is 7.82 Å². The van der Waals surface area contributed by atoms with E-state index in [0.29, 0.717) is 0 Å². The lowest BCUT2D eigenvalue weighted by molar-refractivity contribution is -0.283. The minimum absolute atomic E-state index is 0.135. The van der Waals surface area contributed by atoms with E-state index in [1.165, 1.54) is 6.07 Å². The van der Waals surface area contributed by atoms with Crippen LogP contribution in [0.1, 0.15) is 19.1 Å². The van der Waals surface area contributed by atoms with Crippen molar-refractivity contribution in [1.82, 2.24) is 20.2 Å². The van der Waals surface area contributed by atoms with Crippen molar-refractivity contribution in [2.75, 3.05) is 25.5 Å². The molecule has 11 N–H and O–H groups in total. The van der Waals surface area contributed by atoms with Gasteiger partial charge in [-0.1, -0.05) is 0 Å². The summed E-state index contributed by atoms with van der Waals surface area (Å²) in [6, 6.07) is -0.333. The lowest BCUT2D eigenvalue weighted by Crippen LogP contribution is -2.66. The number of aliphatic carboxylic acids is 1. The van der Waals surface area contributed by atoms with Gasteiger partial charge in [-0.25, -0.2) is 18.7 Å². The predicted octanol–water partition coefficient (Wildman–Crippen LogP) is -5.52. The van der Waals surface area contributed by atoms with Crippen LogP contribution in [0.3, 0.4) is 0 Å². The Morgan fingerprint density at radius 2 is 2.02 bits per heavy atom. The first-order valence-electron chi connectivity index (χ1n) is 12.5. The Bertz CT molecular complexity index is 1270. The topological polar surface area (TPSA) is 332 Å². The molecule has 9 unspecified atom stereocenters. The third-order valence-corrected chi connectivity index (χ3v) is 7.51. The second kappa shape index (κ2) is 14.1. The number of anilines is 1. The molecule has 2 fully saturated rings. The van der Waals surface area contributed by atoms with Gasteiger partial charge < -0.3 is 61.4 Å². The van der Waals surface area contributed by atoms with Gasteiger partial charge in [0.1, 0.15) is 30.2 Å². The second-order valence-electron chi connectivity index (χ2n) is 9.53. The molecular formula is C21H32N5O16P. The fraction of sp³-hybridized carbons (Fsp3) is 0.667. The van der Waals surface area contributed by atoms with Gasteiger partial charge in [0.2, 0.25) is 12.3 Å². The zero-order chi connectivity index (χ0) is 32.1. The van der Waals surface area contributed by atoms with E-state index in [9.17, 15) is 59.3 Å².